The van der Waals surface area contributed by atoms with E-state index in [0.717, 1.165) is 11.1 Å². The molecule has 0 aliphatic carbocycles. The van der Waals surface area contributed by atoms with E-state index in [1.807, 2.05) is 76.2 Å². The number of aliphatic hydroxyl groups is 2. The molecule has 0 unspecified atom stereocenters. The topological polar surface area (TPSA) is 221 Å². The van der Waals surface area contributed by atoms with Gasteiger partial charge in [0.15, 0.2) is 0 Å². The molecule has 0 saturated heterocycles. The number of amides is 5. The minimum atomic E-state index is -1.56. The molecule has 15 heteroatoms. The first-order valence-corrected chi connectivity index (χ1v) is 20.2. The van der Waals surface area contributed by atoms with Gasteiger partial charge < -0.3 is 46.3 Å². The van der Waals surface area contributed by atoms with E-state index in [1.165, 1.54) is 14.0 Å². The standard InChI is InChI=1S/C44H67N5O10/c1-27(2)21-32(35(50)24-37(52)45-29(5)39(54)46-33(22-28(3)4)36(51)25-38(53)58-10)47-40(55)34(23-30-17-13-11-14-18-30)48-41(56)44(9,26-31-19-15-12-16-20-31)49-42(57)59-43(6,7)8/h11-20,27-29,32-36,50-51H,21-26H2,1-10H3,(H,45,52)(H,46,54)(H,47,55)(H,48,56)(H,49,57)/t29-,32-,33-,34-,35-,36-,44-/m0/s1. The van der Waals surface area contributed by atoms with Gasteiger partial charge >= 0.3 is 12.1 Å². The van der Waals surface area contributed by atoms with Crippen molar-refractivity contribution in [3.63, 3.8) is 0 Å². The molecular weight excluding hydrogens is 759 g/mol. The number of ether oxygens (including phenoxy) is 2. The van der Waals surface area contributed by atoms with Crippen molar-refractivity contribution >= 4 is 35.7 Å². The lowest BCUT2D eigenvalue weighted by atomic mass is 9.91. The second-order valence-electron chi connectivity index (χ2n) is 17.2. The van der Waals surface area contributed by atoms with Crippen LogP contribution in [0.4, 0.5) is 4.79 Å². The molecule has 59 heavy (non-hydrogen) atoms. The van der Waals surface area contributed by atoms with Gasteiger partial charge in [-0.25, -0.2) is 4.79 Å². The molecule has 2 aromatic rings. The first-order valence-electron chi connectivity index (χ1n) is 20.2. The van der Waals surface area contributed by atoms with E-state index in [1.54, 1.807) is 39.8 Å². The van der Waals surface area contributed by atoms with Gasteiger partial charge in [-0.15, -0.1) is 0 Å². The number of aliphatic hydroxyl groups excluding tert-OH is 2. The minimum absolute atomic E-state index is 0.0358. The van der Waals surface area contributed by atoms with E-state index in [0.29, 0.717) is 6.42 Å². The van der Waals surface area contributed by atoms with Crippen LogP contribution in [-0.2, 0) is 46.3 Å². The van der Waals surface area contributed by atoms with Crippen molar-refractivity contribution in [3.8, 4) is 0 Å². The Labute approximate surface area is 349 Å². The zero-order chi connectivity index (χ0) is 44.5. The molecule has 15 nitrogen and oxygen atoms in total. The van der Waals surface area contributed by atoms with Crippen LogP contribution in [-0.4, -0.2) is 101 Å². The molecule has 0 radical (unpaired) electrons. The maximum atomic E-state index is 14.3. The summed E-state index contributed by atoms with van der Waals surface area (Å²) in [7, 11) is 1.20. The second kappa shape index (κ2) is 23.5. The molecule has 7 atom stereocenters. The van der Waals surface area contributed by atoms with E-state index in [2.05, 4.69) is 31.3 Å². The second-order valence-corrected chi connectivity index (χ2v) is 17.2. The van der Waals surface area contributed by atoms with E-state index in [-0.39, 0.29) is 37.5 Å². The minimum Gasteiger partial charge on any atom is -0.469 e. The number of nitrogens with one attached hydrogen (secondary N) is 5. The van der Waals surface area contributed by atoms with Crippen molar-refractivity contribution in [3.05, 3.63) is 71.8 Å². The number of carbonyl (C=O) groups excluding carboxylic acids is 6. The zero-order valence-corrected chi connectivity index (χ0v) is 36.3. The summed E-state index contributed by atoms with van der Waals surface area (Å²) in [6.45, 7) is 15.7. The average molecular weight is 826 g/mol. The Morgan fingerprint density at radius 3 is 1.64 bits per heavy atom. The summed E-state index contributed by atoms with van der Waals surface area (Å²) < 4.78 is 10.1. The van der Waals surface area contributed by atoms with Gasteiger partial charge in [-0.1, -0.05) is 88.4 Å². The van der Waals surface area contributed by atoms with Gasteiger partial charge in [0.25, 0.3) is 0 Å². The summed E-state index contributed by atoms with van der Waals surface area (Å²) in [5.41, 5.74) is -0.920. The predicted octanol–water partition coefficient (Wildman–Crippen LogP) is 3.48. The molecule has 0 aliphatic rings. The van der Waals surface area contributed by atoms with Crippen LogP contribution in [0.3, 0.4) is 0 Å². The fourth-order valence-electron chi connectivity index (χ4n) is 6.42. The molecule has 328 valence electrons. The van der Waals surface area contributed by atoms with Crippen LogP contribution >= 0.6 is 0 Å². The molecule has 0 bridgehead atoms. The van der Waals surface area contributed by atoms with E-state index < -0.39 is 89.6 Å². The van der Waals surface area contributed by atoms with Crippen molar-refractivity contribution in [2.45, 2.75) is 148 Å². The first-order chi connectivity index (χ1) is 27.5. The van der Waals surface area contributed by atoms with Crippen molar-refractivity contribution in [1.82, 2.24) is 26.6 Å². The van der Waals surface area contributed by atoms with Crippen LogP contribution in [0.1, 0.15) is 99.1 Å². The largest absolute Gasteiger partial charge is 0.469 e. The highest BCUT2D eigenvalue weighted by Gasteiger charge is 2.39. The molecule has 0 spiro atoms. The van der Waals surface area contributed by atoms with E-state index >= 15 is 0 Å². The third-order valence-corrected chi connectivity index (χ3v) is 9.39. The van der Waals surface area contributed by atoms with Crippen molar-refractivity contribution in [2.75, 3.05) is 7.11 Å². The summed E-state index contributed by atoms with van der Waals surface area (Å²) in [5, 5.41) is 35.7. The Morgan fingerprint density at radius 1 is 0.661 bits per heavy atom. The summed E-state index contributed by atoms with van der Waals surface area (Å²) in [6, 6.07) is 14.2. The van der Waals surface area contributed by atoms with Crippen LogP contribution in [0.5, 0.6) is 0 Å². The fourth-order valence-corrected chi connectivity index (χ4v) is 6.42. The van der Waals surface area contributed by atoms with Gasteiger partial charge in [0, 0.05) is 12.8 Å². The number of carbonyl (C=O) groups is 6. The summed E-state index contributed by atoms with van der Waals surface area (Å²) >= 11 is 0. The number of methoxy groups -OCH3 is 1. The highest BCUT2D eigenvalue weighted by atomic mass is 16.6. The average Bonchev–Trinajstić information content (AvgIpc) is 3.13. The number of alkyl carbamates (subject to hydrolysis) is 1. The fraction of sp³-hybridized carbons (Fsp3) is 0.591. The molecule has 2 aromatic carbocycles. The monoisotopic (exact) mass is 825 g/mol. The highest BCUT2D eigenvalue weighted by Crippen LogP contribution is 2.19. The lowest BCUT2D eigenvalue weighted by molar-refractivity contribution is -0.144. The molecule has 0 aromatic heterocycles. The van der Waals surface area contributed by atoms with Gasteiger partial charge in [-0.05, 0) is 70.4 Å². The predicted molar refractivity (Wildman–Crippen MR) is 224 cm³/mol. The smallest absolute Gasteiger partial charge is 0.408 e. The molecule has 0 aliphatic heterocycles. The normalized spacial score (nSPS) is 15.6. The molecule has 0 saturated carbocycles. The lowest BCUT2D eigenvalue weighted by Gasteiger charge is -2.33. The number of rotatable bonds is 22. The van der Waals surface area contributed by atoms with E-state index in [9.17, 15) is 39.0 Å². The van der Waals surface area contributed by atoms with Crippen molar-refractivity contribution < 1.29 is 48.5 Å². The number of benzene rings is 2. The summed E-state index contributed by atoms with van der Waals surface area (Å²) in [4.78, 5) is 79.6. The third kappa shape index (κ3) is 18.6. The van der Waals surface area contributed by atoms with Gasteiger partial charge in [0.1, 0.15) is 23.2 Å². The Hall–Kier alpha value is -5.02. The first kappa shape index (κ1) is 50.1. The van der Waals surface area contributed by atoms with Crippen molar-refractivity contribution in [2.24, 2.45) is 11.8 Å². The molecule has 5 amide bonds. The van der Waals surface area contributed by atoms with Gasteiger partial charge in [-0.3, -0.25) is 24.0 Å². The SMILES string of the molecule is COC(=O)C[C@H](O)[C@H](CC(C)C)NC(=O)[C@H](C)NC(=O)C[C@H](O)[C@H](CC(C)C)NC(=O)[C@H](Cc1ccccc1)NC(=O)[C@](C)(Cc1ccccc1)NC(=O)OC(C)(C)C. The van der Waals surface area contributed by atoms with Crippen LogP contribution in [0, 0.1) is 11.8 Å². The van der Waals surface area contributed by atoms with Gasteiger partial charge in [0.05, 0.1) is 44.2 Å². The number of hydrogen-bond acceptors (Lipinski definition) is 10. The molecule has 0 fully saturated rings. The number of esters is 1. The van der Waals surface area contributed by atoms with Crippen LogP contribution in [0.15, 0.2) is 60.7 Å². The van der Waals surface area contributed by atoms with Crippen molar-refractivity contribution in [1.29, 1.82) is 0 Å². The maximum Gasteiger partial charge on any atom is 0.408 e. The summed E-state index contributed by atoms with van der Waals surface area (Å²) in [5.74, 6) is -3.15. The Bertz CT molecular complexity index is 1670. The van der Waals surface area contributed by atoms with Gasteiger partial charge in [0.2, 0.25) is 23.6 Å². The van der Waals surface area contributed by atoms with Crippen LogP contribution in [0.2, 0.25) is 0 Å². The molecule has 0 heterocycles. The lowest BCUT2D eigenvalue weighted by Crippen LogP contribution is -2.63. The summed E-state index contributed by atoms with van der Waals surface area (Å²) in [6.07, 6.45) is -3.45. The molecule has 7 N–H and O–H groups in total. The van der Waals surface area contributed by atoms with E-state index in [4.69, 9.17) is 4.74 Å². The molecular formula is C44H67N5O10. The molecule has 2 rings (SSSR count). The van der Waals surface area contributed by atoms with Crippen LogP contribution in [0.25, 0.3) is 0 Å². The quantitative estimate of drug-likeness (QED) is 0.0857. The van der Waals surface area contributed by atoms with Crippen LogP contribution < -0.4 is 26.6 Å². The Balaban J connectivity index is 2.29. The third-order valence-electron chi connectivity index (χ3n) is 9.39. The Morgan fingerprint density at radius 2 is 1.15 bits per heavy atom. The highest BCUT2D eigenvalue weighted by molar-refractivity contribution is 5.94. The van der Waals surface area contributed by atoms with Gasteiger partial charge in [-0.2, -0.15) is 0 Å². The maximum absolute atomic E-state index is 14.3. The Kier molecular flexibility index (Phi) is 20.0. The zero-order valence-electron chi connectivity index (χ0n) is 36.3. The number of hydrogen-bond donors (Lipinski definition) is 7.